The van der Waals surface area contributed by atoms with Gasteiger partial charge in [-0.1, -0.05) is 39.5 Å². The summed E-state index contributed by atoms with van der Waals surface area (Å²) < 4.78 is 0. The summed E-state index contributed by atoms with van der Waals surface area (Å²) in [6, 6.07) is 0. The van der Waals surface area contributed by atoms with Gasteiger partial charge in [-0.3, -0.25) is 4.79 Å². The van der Waals surface area contributed by atoms with Gasteiger partial charge in [-0.15, -0.1) is 0 Å². The third-order valence-corrected chi connectivity index (χ3v) is 3.82. The van der Waals surface area contributed by atoms with Crippen molar-refractivity contribution in [2.75, 3.05) is 26.2 Å². The molecule has 1 rings (SSSR count). The van der Waals surface area contributed by atoms with Crippen molar-refractivity contribution in [3.8, 4) is 0 Å². The smallest absolute Gasteiger partial charge is 0.236 e. The van der Waals surface area contributed by atoms with Gasteiger partial charge in [0.25, 0.3) is 0 Å². The van der Waals surface area contributed by atoms with Crippen molar-refractivity contribution in [1.82, 2.24) is 10.2 Å². The first-order chi connectivity index (χ1) is 8.27. The second kappa shape index (κ2) is 8.51. The summed E-state index contributed by atoms with van der Waals surface area (Å²) in [7, 11) is 0. The Balaban J connectivity index is 2.19. The van der Waals surface area contributed by atoms with Crippen LogP contribution in [0.5, 0.6) is 0 Å². The molecular formula is C14H28N2O. The topological polar surface area (TPSA) is 32.3 Å². The van der Waals surface area contributed by atoms with Crippen molar-refractivity contribution >= 4 is 5.91 Å². The molecule has 100 valence electrons. The van der Waals surface area contributed by atoms with Crippen LogP contribution in [-0.2, 0) is 4.79 Å². The molecule has 1 fully saturated rings. The Morgan fingerprint density at radius 2 is 1.71 bits per heavy atom. The van der Waals surface area contributed by atoms with E-state index in [1.807, 2.05) is 4.90 Å². The minimum Gasteiger partial charge on any atom is -0.342 e. The van der Waals surface area contributed by atoms with E-state index in [-0.39, 0.29) is 5.91 Å². The van der Waals surface area contributed by atoms with Crippen LogP contribution in [-0.4, -0.2) is 37.0 Å². The van der Waals surface area contributed by atoms with E-state index in [1.54, 1.807) is 0 Å². The molecule has 1 saturated heterocycles. The highest BCUT2D eigenvalue weighted by atomic mass is 16.2. The van der Waals surface area contributed by atoms with Crippen LogP contribution >= 0.6 is 0 Å². The molecule has 1 N–H and O–H groups in total. The molecule has 0 aromatic carbocycles. The van der Waals surface area contributed by atoms with Crippen LogP contribution in [0, 0.1) is 5.92 Å². The summed E-state index contributed by atoms with van der Waals surface area (Å²) in [5, 5.41) is 3.31. The van der Waals surface area contributed by atoms with E-state index in [0.717, 1.165) is 19.6 Å². The Labute approximate surface area is 106 Å². The van der Waals surface area contributed by atoms with Gasteiger partial charge in [-0.2, -0.15) is 0 Å². The van der Waals surface area contributed by atoms with Crippen LogP contribution in [0.3, 0.4) is 0 Å². The van der Waals surface area contributed by atoms with Gasteiger partial charge in [0, 0.05) is 13.1 Å². The number of carbonyl (C=O) groups excluding carboxylic acids is 1. The van der Waals surface area contributed by atoms with Crippen LogP contribution in [0.1, 0.15) is 52.4 Å². The van der Waals surface area contributed by atoms with Crippen molar-refractivity contribution in [2.24, 2.45) is 5.92 Å². The molecule has 1 aliphatic heterocycles. The standard InChI is InChI=1S/C14H28N2O/c1-3-13(4-2)11-15-12-14(17)16-9-7-5-6-8-10-16/h13,15H,3-12H2,1-2H3. The number of amides is 1. The van der Waals surface area contributed by atoms with Crippen molar-refractivity contribution in [1.29, 1.82) is 0 Å². The SMILES string of the molecule is CCC(CC)CNCC(=O)N1CCCCCC1. The molecule has 1 amide bonds. The number of carbonyl (C=O) groups is 1. The molecule has 17 heavy (non-hydrogen) atoms. The molecule has 0 aliphatic carbocycles. The van der Waals surface area contributed by atoms with E-state index >= 15 is 0 Å². The third kappa shape index (κ3) is 5.53. The van der Waals surface area contributed by atoms with Gasteiger partial charge in [0.1, 0.15) is 0 Å². The van der Waals surface area contributed by atoms with Crippen molar-refractivity contribution < 1.29 is 4.79 Å². The number of hydrogen-bond acceptors (Lipinski definition) is 2. The van der Waals surface area contributed by atoms with Crippen LogP contribution in [0.15, 0.2) is 0 Å². The van der Waals surface area contributed by atoms with Gasteiger partial charge in [-0.05, 0) is 25.3 Å². The lowest BCUT2D eigenvalue weighted by atomic mass is 10.0. The second-order valence-corrected chi connectivity index (χ2v) is 5.11. The van der Waals surface area contributed by atoms with Crippen molar-refractivity contribution in [2.45, 2.75) is 52.4 Å². The second-order valence-electron chi connectivity index (χ2n) is 5.11. The minimum atomic E-state index is 0.290. The van der Waals surface area contributed by atoms with E-state index in [4.69, 9.17) is 0 Å². The fourth-order valence-electron chi connectivity index (χ4n) is 2.39. The summed E-state index contributed by atoms with van der Waals surface area (Å²) in [5.41, 5.74) is 0. The van der Waals surface area contributed by atoms with Crippen molar-refractivity contribution in [3.63, 3.8) is 0 Å². The molecule has 3 nitrogen and oxygen atoms in total. The maximum absolute atomic E-state index is 12.0. The van der Waals surface area contributed by atoms with Gasteiger partial charge < -0.3 is 10.2 Å². The van der Waals surface area contributed by atoms with Gasteiger partial charge in [0.05, 0.1) is 6.54 Å². The molecule has 3 heteroatoms. The summed E-state index contributed by atoms with van der Waals surface area (Å²) >= 11 is 0. The van der Waals surface area contributed by atoms with E-state index in [2.05, 4.69) is 19.2 Å². The minimum absolute atomic E-state index is 0.290. The molecule has 0 aromatic heterocycles. The molecule has 0 aromatic rings. The average Bonchev–Trinajstić information content (AvgIpc) is 2.63. The molecule has 0 saturated carbocycles. The molecule has 0 unspecified atom stereocenters. The zero-order chi connectivity index (χ0) is 12.5. The number of nitrogens with zero attached hydrogens (tertiary/aromatic N) is 1. The molecular weight excluding hydrogens is 212 g/mol. The first kappa shape index (κ1) is 14.5. The molecule has 1 aliphatic rings. The molecule has 0 bridgehead atoms. The zero-order valence-corrected chi connectivity index (χ0v) is 11.5. The highest BCUT2D eigenvalue weighted by Crippen LogP contribution is 2.09. The van der Waals surface area contributed by atoms with Crippen LogP contribution in [0.4, 0.5) is 0 Å². The fraction of sp³-hybridized carbons (Fsp3) is 0.929. The summed E-state index contributed by atoms with van der Waals surface area (Å²) in [6.07, 6.45) is 7.31. The van der Waals surface area contributed by atoms with Gasteiger partial charge >= 0.3 is 0 Å². The highest BCUT2D eigenvalue weighted by molar-refractivity contribution is 5.78. The predicted octanol–water partition coefficient (Wildman–Crippen LogP) is 2.41. The first-order valence-electron chi connectivity index (χ1n) is 7.26. The Morgan fingerprint density at radius 3 is 2.24 bits per heavy atom. The Kier molecular flexibility index (Phi) is 7.25. The monoisotopic (exact) mass is 240 g/mol. The zero-order valence-electron chi connectivity index (χ0n) is 11.5. The van der Waals surface area contributed by atoms with Crippen LogP contribution in [0.25, 0.3) is 0 Å². The summed E-state index contributed by atoms with van der Waals surface area (Å²) in [5.74, 6) is 1.00. The van der Waals surface area contributed by atoms with E-state index in [1.165, 1.54) is 38.5 Å². The Hall–Kier alpha value is -0.570. The predicted molar refractivity (Wildman–Crippen MR) is 72.0 cm³/mol. The molecule has 1 heterocycles. The number of likely N-dealkylation sites (tertiary alicyclic amines) is 1. The maximum atomic E-state index is 12.0. The third-order valence-electron chi connectivity index (χ3n) is 3.82. The normalized spacial score (nSPS) is 17.2. The maximum Gasteiger partial charge on any atom is 0.236 e. The number of nitrogens with one attached hydrogen (secondary N) is 1. The van der Waals surface area contributed by atoms with Crippen LogP contribution in [0.2, 0.25) is 0 Å². The Bertz CT molecular complexity index is 206. The fourth-order valence-corrected chi connectivity index (χ4v) is 2.39. The lowest BCUT2D eigenvalue weighted by Gasteiger charge is -2.21. The number of rotatable bonds is 6. The quantitative estimate of drug-likeness (QED) is 0.773. The van der Waals surface area contributed by atoms with E-state index < -0.39 is 0 Å². The van der Waals surface area contributed by atoms with Gasteiger partial charge in [-0.25, -0.2) is 0 Å². The molecule has 0 radical (unpaired) electrons. The lowest BCUT2D eigenvalue weighted by molar-refractivity contribution is -0.130. The highest BCUT2D eigenvalue weighted by Gasteiger charge is 2.15. The summed E-state index contributed by atoms with van der Waals surface area (Å²) in [4.78, 5) is 14.0. The molecule has 0 atom stereocenters. The first-order valence-corrected chi connectivity index (χ1v) is 7.26. The van der Waals surface area contributed by atoms with Crippen molar-refractivity contribution in [3.05, 3.63) is 0 Å². The molecule has 0 spiro atoms. The summed E-state index contributed by atoms with van der Waals surface area (Å²) in [6.45, 7) is 7.86. The van der Waals surface area contributed by atoms with Crippen LogP contribution < -0.4 is 5.32 Å². The van der Waals surface area contributed by atoms with Gasteiger partial charge in [0.2, 0.25) is 5.91 Å². The number of hydrogen-bond donors (Lipinski definition) is 1. The Morgan fingerprint density at radius 1 is 1.12 bits per heavy atom. The largest absolute Gasteiger partial charge is 0.342 e. The van der Waals surface area contributed by atoms with E-state index in [9.17, 15) is 4.79 Å². The lowest BCUT2D eigenvalue weighted by Crippen LogP contribution is -2.39. The van der Waals surface area contributed by atoms with E-state index in [0.29, 0.717) is 12.5 Å². The van der Waals surface area contributed by atoms with Gasteiger partial charge in [0.15, 0.2) is 0 Å². The average molecular weight is 240 g/mol.